The monoisotopic (exact) mass is 335 g/mol. The molecule has 7 nitrogen and oxygen atoms in total. The SMILES string of the molecule is CCOC(=O)C12CC1CN(Cc1ccccc1)C2.O=C(O)C(=O)O. The maximum Gasteiger partial charge on any atom is 0.414 e. The summed E-state index contributed by atoms with van der Waals surface area (Å²) in [4.78, 5) is 32.5. The van der Waals surface area contributed by atoms with Crippen LogP contribution in [0.5, 0.6) is 0 Å². The topological polar surface area (TPSA) is 104 Å². The number of likely N-dealkylation sites (tertiary alicyclic amines) is 1. The van der Waals surface area contributed by atoms with E-state index in [0.717, 1.165) is 26.1 Å². The number of aliphatic carboxylic acids is 2. The van der Waals surface area contributed by atoms with Crippen molar-refractivity contribution in [2.24, 2.45) is 11.3 Å². The summed E-state index contributed by atoms with van der Waals surface area (Å²) in [6.07, 6.45) is 1.02. The molecule has 24 heavy (non-hydrogen) atoms. The molecule has 1 aromatic rings. The van der Waals surface area contributed by atoms with Crippen molar-refractivity contribution >= 4 is 17.9 Å². The Balaban J connectivity index is 0.000000301. The average molecular weight is 335 g/mol. The molecule has 0 bridgehead atoms. The van der Waals surface area contributed by atoms with Crippen LogP contribution in [0.4, 0.5) is 0 Å². The second-order valence-electron chi connectivity index (χ2n) is 6.04. The number of carbonyl (C=O) groups is 3. The predicted molar refractivity (Wildman–Crippen MR) is 84.2 cm³/mol. The average Bonchev–Trinajstić information content (AvgIpc) is 3.12. The Labute approximate surface area is 139 Å². The van der Waals surface area contributed by atoms with Gasteiger partial charge in [-0.2, -0.15) is 0 Å². The number of carbonyl (C=O) groups excluding carboxylic acids is 1. The van der Waals surface area contributed by atoms with Gasteiger partial charge in [0.15, 0.2) is 0 Å². The third-order valence-electron chi connectivity index (χ3n) is 4.33. The molecule has 130 valence electrons. The van der Waals surface area contributed by atoms with Gasteiger partial charge in [-0.05, 0) is 24.8 Å². The predicted octanol–water partition coefficient (Wildman–Crippen LogP) is 1.23. The van der Waals surface area contributed by atoms with E-state index in [0.29, 0.717) is 12.5 Å². The summed E-state index contributed by atoms with van der Waals surface area (Å²) in [5.41, 5.74) is 1.16. The summed E-state index contributed by atoms with van der Waals surface area (Å²) in [7, 11) is 0. The van der Waals surface area contributed by atoms with Crippen LogP contribution in [0.25, 0.3) is 0 Å². The number of esters is 1. The number of rotatable bonds is 4. The molecule has 0 radical (unpaired) electrons. The number of nitrogens with zero attached hydrogens (tertiary/aromatic N) is 1. The van der Waals surface area contributed by atoms with E-state index in [-0.39, 0.29) is 11.4 Å². The van der Waals surface area contributed by atoms with Crippen LogP contribution in [0.2, 0.25) is 0 Å². The minimum absolute atomic E-state index is 0.0190. The van der Waals surface area contributed by atoms with Gasteiger partial charge in [-0.3, -0.25) is 9.69 Å². The molecule has 2 aliphatic rings. The lowest BCUT2D eigenvalue weighted by Crippen LogP contribution is -2.29. The molecule has 0 spiro atoms. The highest BCUT2D eigenvalue weighted by atomic mass is 16.5. The zero-order valence-electron chi connectivity index (χ0n) is 13.5. The first-order chi connectivity index (χ1) is 11.4. The summed E-state index contributed by atoms with van der Waals surface area (Å²) in [6, 6.07) is 10.4. The molecule has 1 saturated heterocycles. The molecule has 2 N–H and O–H groups in total. The summed E-state index contributed by atoms with van der Waals surface area (Å²) in [5.74, 6) is -3.10. The van der Waals surface area contributed by atoms with Gasteiger partial charge in [0.25, 0.3) is 0 Å². The standard InChI is InChI=1S/C15H19NO2.C2H2O4/c1-2-18-14(17)15-8-13(15)10-16(11-15)9-12-6-4-3-5-7-12;3-1(4)2(5)6/h3-7,13H,2,8-11H2,1H3;(H,3,4)(H,5,6). The van der Waals surface area contributed by atoms with Crippen LogP contribution in [0.15, 0.2) is 30.3 Å². The zero-order chi connectivity index (χ0) is 17.7. The lowest BCUT2D eigenvalue weighted by atomic mass is 10.1. The van der Waals surface area contributed by atoms with Gasteiger partial charge in [0.1, 0.15) is 0 Å². The van der Waals surface area contributed by atoms with Crippen LogP contribution in [-0.2, 0) is 25.7 Å². The highest BCUT2D eigenvalue weighted by Gasteiger charge is 2.65. The fraction of sp³-hybridized carbons (Fsp3) is 0.471. The fourth-order valence-electron chi connectivity index (χ4n) is 3.14. The molecule has 1 heterocycles. The number of benzene rings is 1. The van der Waals surface area contributed by atoms with Crippen LogP contribution >= 0.6 is 0 Å². The van der Waals surface area contributed by atoms with E-state index < -0.39 is 11.9 Å². The number of ether oxygens (including phenoxy) is 1. The third kappa shape index (κ3) is 4.11. The molecule has 1 aliphatic carbocycles. The lowest BCUT2D eigenvalue weighted by molar-refractivity contribution is -0.159. The van der Waals surface area contributed by atoms with Crippen LogP contribution in [0.3, 0.4) is 0 Å². The van der Waals surface area contributed by atoms with Gasteiger partial charge < -0.3 is 14.9 Å². The van der Waals surface area contributed by atoms with Crippen molar-refractivity contribution in [2.75, 3.05) is 19.7 Å². The van der Waals surface area contributed by atoms with Gasteiger partial charge in [0.05, 0.1) is 12.0 Å². The molecule has 1 aliphatic heterocycles. The van der Waals surface area contributed by atoms with Gasteiger partial charge >= 0.3 is 17.9 Å². The van der Waals surface area contributed by atoms with Crippen LogP contribution in [0, 0.1) is 11.3 Å². The lowest BCUT2D eigenvalue weighted by Gasteiger charge is -2.19. The minimum atomic E-state index is -1.82. The summed E-state index contributed by atoms with van der Waals surface area (Å²) < 4.78 is 5.20. The van der Waals surface area contributed by atoms with E-state index >= 15 is 0 Å². The van der Waals surface area contributed by atoms with Crippen molar-refractivity contribution in [3.63, 3.8) is 0 Å². The molecule has 0 amide bonds. The first-order valence-corrected chi connectivity index (χ1v) is 7.78. The highest BCUT2D eigenvalue weighted by Crippen LogP contribution is 2.58. The quantitative estimate of drug-likeness (QED) is 0.630. The van der Waals surface area contributed by atoms with Crippen molar-refractivity contribution < 1.29 is 29.3 Å². The highest BCUT2D eigenvalue weighted by molar-refractivity contribution is 6.27. The van der Waals surface area contributed by atoms with Gasteiger partial charge in [0, 0.05) is 19.6 Å². The number of piperidine rings is 1. The van der Waals surface area contributed by atoms with E-state index in [2.05, 4.69) is 29.2 Å². The second-order valence-corrected chi connectivity index (χ2v) is 6.04. The Morgan fingerprint density at radius 3 is 2.38 bits per heavy atom. The Morgan fingerprint density at radius 1 is 1.21 bits per heavy atom. The maximum atomic E-state index is 12.0. The number of fused-ring (bicyclic) bond motifs is 1. The van der Waals surface area contributed by atoms with Crippen LogP contribution < -0.4 is 0 Å². The van der Waals surface area contributed by atoms with E-state index in [1.54, 1.807) is 0 Å². The van der Waals surface area contributed by atoms with Crippen LogP contribution in [0.1, 0.15) is 18.9 Å². The Morgan fingerprint density at radius 2 is 1.83 bits per heavy atom. The molecular weight excluding hydrogens is 314 g/mol. The number of hydrogen-bond donors (Lipinski definition) is 2. The zero-order valence-corrected chi connectivity index (χ0v) is 13.5. The first kappa shape index (κ1) is 17.9. The number of carboxylic acids is 2. The number of hydrogen-bond acceptors (Lipinski definition) is 5. The molecule has 2 atom stereocenters. The van der Waals surface area contributed by atoms with Crippen molar-refractivity contribution in [2.45, 2.75) is 19.9 Å². The van der Waals surface area contributed by atoms with Gasteiger partial charge in [-0.15, -0.1) is 0 Å². The second kappa shape index (κ2) is 7.44. The number of carboxylic acid groups (broad SMARTS) is 2. The first-order valence-electron chi connectivity index (χ1n) is 7.78. The molecule has 2 unspecified atom stereocenters. The van der Waals surface area contributed by atoms with Crippen molar-refractivity contribution in [3.05, 3.63) is 35.9 Å². The van der Waals surface area contributed by atoms with Gasteiger partial charge in [0.2, 0.25) is 0 Å². The molecule has 3 rings (SSSR count). The molecule has 2 fully saturated rings. The van der Waals surface area contributed by atoms with Crippen molar-refractivity contribution in [3.8, 4) is 0 Å². The molecule has 1 saturated carbocycles. The van der Waals surface area contributed by atoms with E-state index in [1.807, 2.05) is 13.0 Å². The third-order valence-corrected chi connectivity index (χ3v) is 4.33. The van der Waals surface area contributed by atoms with Crippen molar-refractivity contribution in [1.82, 2.24) is 4.90 Å². The van der Waals surface area contributed by atoms with E-state index in [4.69, 9.17) is 24.5 Å². The maximum absolute atomic E-state index is 12.0. The van der Waals surface area contributed by atoms with Crippen LogP contribution in [-0.4, -0.2) is 52.7 Å². The largest absolute Gasteiger partial charge is 0.473 e. The smallest absolute Gasteiger partial charge is 0.414 e. The summed E-state index contributed by atoms with van der Waals surface area (Å²) in [5, 5.41) is 14.8. The Kier molecular flexibility index (Phi) is 5.56. The molecular formula is C17H21NO6. The Bertz CT molecular complexity index is 605. The molecule has 0 aromatic heterocycles. The summed E-state index contributed by atoms with van der Waals surface area (Å²) in [6.45, 7) is 5.21. The fourth-order valence-corrected chi connectivity index (χ4v) is 3.14. The molecule has 1 aromatic carbocycles. The van der Waals surface area contributed by atoms with Crippen molar-refractivity contribution in [1.29, 1.82) is 0 Å². The minimum Gasteiger partial charge on any atom is -0.473 e. The normalized spacial score (nSPS) is 24.3. The van der Waals surface area contributed by atoms with E-state index in [9.17, 15) is 4.79 Å². The summed E-state index contributed by atoms with van der Waals surface area (Å²) >= 11 is 0. The Hall–Kier alpha value is -2.41. The van der Waals surface area contributed by atoms with E-state index in [1.165, 1.54) is 5.56 Å². The van der Waals surface area contributed by atoms with Gasteiger partial charge in [-0.1, -0.05) is 30.3 Å². The molecule has 7 heteroatoms. The van der Waals surface area contributed by atoms with Gasteiger partial charge in [-0.25, -0.2) is 9.59 Å².